The van der Waals surface area contributed by atoms with Crippen molar-refractivity contribution in [2.24, 2.45) is 5.92 Å². The molecule has 1 fully saturated rings. The lowest BCUT2D eigenvalue weighted by atomic mass is 9.97. The van der Waals surface area contributed by atoms with E-state index in [1.807, 2.05) is 30.4 Å². The van der Waals surface area contributed by atoms with Crippen LogP contribution in [0.3, 0.4) is 0 Å². The first-order valence-electron chi connectivity index (χ1n) is 11.6. The molecule has 0 spiro atoms. The third-order valence-electron chi connectivity index (χ3n) is 6.14. The van der Waals surface area contributed by atoms with Gasteiger partial charge in [0, 0.05) is 23.8 Å². The van der Waals surface area contributed by atoms with Gasteiger partial charge in [-0.05, 0) is 62.6 Å². The molecule has 1 aliphatic rings. The molecule has 1 atom stereocenters. The van der Waals surface area contributed by atoms with Crippen LogP contribution in [0.25, 0.3) is 11.3 Å². The van der Waals surface area contributed by atoms with Gasteiger partial charge in [0.2, 0.25) is 0 Å². The van der Waals surface area contributed by atoms with Crippen molar-refractivity contribution in [3.8, 4) is 17.0 Å². The van der Waals surface area contributed by atoms with Gasteiger partial charge in [-0.3, -0.25) is 9.59 Å². The summed E-state index contributed by atoms with van der Waals surface area (Å²) in [5.41, 5.74) is -1.41. The average Bonchev–Trinajstić information content (AvgIpc) is 3.09. The Kier molecular flexibility index (Phi) is 6.99. The molecule has 0 bridgehead atoms. The summed E-state index contributed by atoms with van der Waals surface area (Å²) in [6.45, 7) is 6.32. The maximum atomic E-state index is 13.3. The Morgan fingerprint density at radius 2 is 1.87 bits per heavy atom. The van der Waals surface area contributed by atoms with Crippen molar-refractivity contribution in [2.75, 3.05) is 11.4 Å². The second-order valence-corrected chi connectivity index (χ2v) is 11.3. The number of hydrogen-bond donors (Lipinski definition) is 2. The van der Waals surface area contributed by atoms with Gasteiger partial charge >= 0.3 is 6.36 Å². The van der Waals surface area contributed by atoms with Crippen LogP contribution in [0.2, 0.25) is 0 Å². The molecule has 1 saturated heterocycles. The number of aromatic amines is 1. The summed E-state index contributed by atoms with van der Waals surface area (Å²) in [6.07, 6.45) is -2.96. The van der Waals surface area contributed by atoms with Crippen molar-refractivity contribution >= 4 is 21.7 Å². The fraction of sp³-hybridized carbons (Fsp3) is 0.320. The maximum absolute atomic E-state index is 13.3. The number of hydrogen-bond acceptors (Lipinski definition) is 7. The van der Waals surface area contributed by atoms with Gasteiger partial charge in [0.1, 0.15) is 11.6 Å². The second-order valence-electron chi connectivity index (χ2n) is 9.64. The lowest BCUT2D eigenvalue weighted by Gasteiger charge is -2.34. The molecule has 0 radical (unpaired) electrons. The first-order valence-corrected chi connectivity index (χ1v) is 13.0. The monoisotopic (exact) mass is 550 g/mol. The number of ether oxygens (including phenoxy) is 1. The van der Waals surface area contributed by atoms with Crippen LogP contribution in [-0.2, 0) is 10.0 Å². The molecular weight excluding hydrogens is 525 g/mol. The number of nitrogens with zero attached hydrogens (tertiary/aromatic N) is 2. The number of amides is 1. The highest BCUT2D eigenvalue weighted by atomic mass is 32.2. The molecule has 4 rings (SSSR count). The van der Waals surface area contributed by atoms with Crippen molar-refractivity contribution in [1.82, 2.24) is 14.7 Å². The summed E-state index contributed by atoms with van der Waals surface area (Å²) in [7, 11) is -4.54. The molecule has 9 nitrogen and oxygen atoms in total. The van der Waals surface area contributed by atoms with Crippen LogP contribution < -0.4 is 19.9 Å². The summed E-state index contributed by atoms with van der Waals surface area (Å²) in [4.78, 5) is 33.3. The lowest BCUT2D eigenvalue weighted by Crippen LogP contribution is -2.41. The molecule has 13 heteroatoms. The maximum Gasteiger partial charge on any atom is 0.573 e. The van der Waals surface area contributed by atoms with E-state index in [-0.39, 0.29) is 28.6 Å². The van der Waals surface area contributed by atoms with Gasteiger partial charge in [0.05, 0.1) is 11.3 Å². The molecule has 0 unspecified atom stereocenters. The molecule has 2 aromatic heterocycles. The van der Waals surface area contributed by atoms with Crippen LogP contribution in [0, 0.1) is 5.92 Å². The fourth-order valence-electron chi connectivity index (χ4n) is 4.68. The first-order chi connectivity index (χ1) is 17.7. The summed E-state index contributed by atoms with van der Waals surface area (Å²) >= 11 is 0. The predicted molar refractivity (Wildman–Crippen MR) is 133 cm³/mol. The number of halogens is 3. The Hall–Kier alpha value is -3.87. The quantitative estimate of drug-likeness (QED) is 0.474. The summed E-state index contributed by atoms with van der Waals surface area (Å²) in [5, 5.41) is 0. The van der Waals surface area contributed by atoms with Crippen molar-refractivity contribution in [2.45, 2.75) is 44.0 Å². The van der Waals surface area contributed by atoms with Gasteiger partial charge in [0.15, 0.2) is 4.90 Å². The standard InChI is InChI=1S/C25H25F3N4O5S/c1-15-13-24(2,3)32(14-15)21-17(22(33)31-38(35,36)20-9-6-12-29-23(20)34)10-11-18(30-21)16-7-4-5-8-19(16)37-25(26,27)28/h4-12,15H,13-14H2,1-3H3,(H,29,34)(H,31,33)/t15-/m0/s1. The van der Waals surface area contributed by atoms with Crippen molar-refractivity contribution in [1.29, 1.82) is 0 Å². The number of aromatic nitrogens is 2. The van der Waals surface area contributed by atoms with E-state index in [1.54, 1.807) is 0 Å². The molecule has 0 aliphatic carbocycles. The third kappa shape index (κ3) is 5.67. The molecule has 1 aromatic carbocycles. The smallest absolute Gasteiger partial charge is 0.405 e. The number of benzene rings is 1. The number of H-pyrrole nitrogens is 1. The largest absolute Gasteiger partial charge is 0.573 e. The zero-order valence-corrected chi connectivity index (χ0v) is 21.5. The zero-order chi connectivity index (χ0) is 27.9. The van der Waals surface area contributed by atoms with Crippen LogP contribution >= 0.6 is 0 Å². The number of sulfonamides is 1. The number of carbonyl (C=O) groups excluding carboxylic acids is 1. The molecule has 2 N–H and O–H groups in total. The van der Waals surface area contributed by atoms with Crippen LogP contribution in [0.15, 0.2) is 64.4 Å². The van der Waals surface area contributed by atoms with Crippen LogP contribution in [0.1, 0.15) is 37.6 Å². The normalized spacial score (nSPS) is 17.3. The van der Waals surface area contributed by atoms with Gasteiger partial charge in [-0.25, -0.2) is 18.1 Å². The van der Waals surface area contributed by atoms with Gasteiger partial charge in [-0.2, -0.15) is 0 Å². The SMILES string of the molecule is C[C@@H]1CN(c2nc(-c3ccccc3OC(F)(F)F)ccc2C(=O)NS(=O)(=O)c2ccc[nH]c2=O)C(C)(C)C1. The summed E-state index contributed by atoms with van der Waals surface area (Å²) in [6, 6.07) is 10.4. The van der Waals surface area contributed by atoms with Crippen molar-refractivity contribution in [3.63, 3.8) is 0 Å². The minimum atomic E-state index is -4.94. The number of nitrogens with one attached hydrogen (secondary N) is 2. The van der Waals surface area contributed by atoms with E-state index < -0.39 is 44.0 Å². The Labute approximate surface area is 216 Å². The average molecular weight is 551 g/mol. The number of anilines is 1. The van der Waals surface area contributed by atoms with E-state index in [2.05, 4.69) is 14.7 Å². The minimum absolute atomic E-state index is 0.0338. The zero-order valence-electron chi connectivity index (χ0n) is 20.7. The van der Waals surface area contributed by atoms with E-state index in [4.69, 9.17) is 0 Å². The molecule has 3 heterocycles. The van der Waals surface area contributed by atoms with Crippen molar-refractivity contribution < 1.29 is 31.1 Å². The van der Waals surface area contributed by atoms with Crippen LogP contribution in [-0.4, -0.2) is 42.7 Å². The third-order valence-corrected chi connectivity index (χ3v) is 7.49. The molecule has 0 saturated carbocycles. The molecule has 202 valence electrons. The number of rotatable bonds is 6. The number of para-hydroxylation sites is 1. The number of carbonyl (C=O) groups is 1. The Morgan fingerprint density at radius 1 is 1.16 bits per heavy atom. The highest BCUT2D eigenvalue weighted by Gasteiger charge is 2.39. The Morgan fingerprint density at radius 3 is 2.50 bits per heavy atom. The second kappa shape index (κ2) is 9.78. The molecular formula is C25H25F3N4O5S. The van der Waals surface area contributed by atoms with Gasteiger partial charge < -0.3 is 14.6 Å². The van der Waals surface area contributed by atoms with Crippen LogP contribution in [0.4, 0.5) is 19.0 Å². The summed E-state index contributed by atoms with van der Waals surface area (Å²) in [5.74, 6) is -1.24. The first kappa shape index (κ1) is 27.2. The highest BCUT2D eigenvalue weighted by Crippen LogP contribution is 2.40. The van der Waals surface area contributed by atoms with Crippen molar-refractivity contribution in [3.05, 3.63) is 70.6 Å². The molecule has 38 heavy (non-hydrogen) atoms. The molecule has 3 aromatic rings. The molecule has 1 amide bonds. The molecule has 1 aliphatic heterocycles. The van der Waals surface area contributed by atoms with E-state index >= 15 is 0 Å². The van der Waals surface area contributed by atoms with Gasteiger partial charge in [-0.1, -0.05) is 19.1 Å². The topological polar surface area (TPSA) is 121 Å². The Balaban J connectivity index is 1.82. The fourth-order valence-corrected chi connectivity index (χ4v) is 5.71. The van der Waals surface area contributed by atoms with E-state index in [1.165, 1.54) is 42.6 Å². The van der Waals surface area contributed by atoms with Gasteiger partial charge in [0.25, 0.3) is 21.5 Å². The van der Waals surface area contributed by atoms with Gasteiger partial charge in [-0.15, -0.1) is 13.2 Å². The number of pyridine rings is 2. The number of alkyl halides is 3. The predicted octanol–water partition coefficient (Wildman–Crippen LogP) is 4.08. The minimum Gasteiger partial charge on any atom is -0.405 e. The summed E-state index contributed by atoms with van der Waals surface area (Å²) < 4.78 is 70.7. The Bertz CT molecular complexity index is 1540. The van der Waals surface area contributed by atoms with E-state index in [9.17, 15) is 31.2 Å². The lowest BCUT2D eigenvalue weighted by molar-refractivity contribution is -0.274. The highest BCUT2D eigenvalue weighted by molar-refractivity contribution is 7.90. The van der Waals surface area contributed by atoms with Crippen LogP contribution in [0.5, 0.6) is 5.75 Å². The van der Waals surface area contributed by atoms with E-state index in [0.717, 1.165) is 18.6 Å². The van der Waals surface area contributed by atoms with E-state index in [0.29, 0.717) is 6.54 Å².